The van der Waals surface area contributed by atoms with Gasteiger partial charge in [0.2, 0.25) is 11.7 Å². The van der Waals surface area contributed by atoms with Crippen molar-refractivity contribution >= 4 is 16.6 Å². The molecule has 5 aromatic heterocycles. The average Bonchev–Trinajstić information content (AvgIpc) is 3.33. The molecule has 9 nitrogen and oxygen atoms in total. The van der Waals surface area contributed by atoms with E-state index in [-0.39, 0.29) is 0 Å². The summed E-state index contributed by atoms with van der Waals surface area (Å²) in [6.07, 6.45) is 4.91. The van der Waals surface area contributed by atoms with Crippen LogP contribution in [0, 0.1) is 0 Å². The van der Waals surface area contributed by atoms with Crippen LogP contribution in [-0.2, 0) is 0 Å². The summed E-state index contributed by atoms with van der Waals surface area (Å²) in [7, 11) is 0. The standard InChI is InChI=1S/C25H14N6O3/c32-25-19-18(15-8-3-5-11-26-15)20-23-29-22(16-9-4-6-12-27-16)30-31(23)13-28-24(20)34-21(19)14-7-1-2-10-17(14)33-25/h1-13,18H. The van der Waals surface area contributed by atoms with E-state index < -0.39 is 11.5 Å². The van der Waals surface area contributed by atoms with Crippen molar-refractivity contribution in [1.29, 1.82) is 0 Å². The Hall–Kier alpha value is -4.92. The molecule has 7 rings (SSSR count). The zero-order chi connectivity index (χ0) is 22.6. The third-order valence-electron chi connectivity index (χ3n) is 5.84. The molecular weight excluding hydrogens is 432 g/mol. The first-order chi connectivity index (χ1) is 16.8. The van der Waals surface area contributed by atoms with Gasteiger partial charge in [0.15, 0.2) is 11.4 Å². The van der Waals surface area contributed by atoms with Crippen LogP contribution in [0.3, 0.4) is 0 Å². The fourth-order valence-corrected chi connectivity index (χ4v) is 4.38. The monoisotopic (exact) mass is 446 g/mol. The van der Waals surface area contributed by atoms with Crippen LogP contribution in [0.4, 0.5) is 0 Å². The van der Waals surface area contributed by atoms with E-state index in [2.05, 4.69) is 20.1 Å². The minimum absolute atomic E-state index is 0.339. The van der Waals surface area contributed by atoms with Crippen LogP contribution < -0.4 is 10.4 Å². The topological polar surface area (TPSA) is 108 Å². The molecule has 1 atom stereocenters. The van der Waals surface area contributed by atoms with Crippen LogP contribution in [-0.4, -0.2) is 29.5 Å². The Bertz CT molecular complexity index is 1760. The van der Waals surface area contributed by atoms with Gasteiger partial charge < -0.3 is 9.15 Å². The SMILES string of the molecule is O=c1oc2ccccc2c2c1C(c1ccccn1)c1c(ncn3nc(-c4ccccn4)nc13)O2. The highest BCUT2D eigenvalue weighted by Crippen LogP contribution is 2.48. The highest BCUT2D eigenvalue weighted by molar-refractivity contribution is 5.86. The van der Waals surface area contributed by atoms with Gasteiger partial charge in [-0.15, -0.1) is 5.10 Å². The first kappa shape index (κ1) is 18.6. The summed E-state index contributed by atoms with van der Waals surface area (Å²) in [5, 5.41) is 5.23. The Morgan fingerprint density at radius 2 is 1.68 bits per heavy atom. The van der Waals surface area contributed by atoms with Gasteiger partial charge in [-0.3, -0.25) is 9.97 Å². The molecule has 0 N–H and O–H groups in total. The van der Waals surface area contributed by atoms with Crippen LogP contribution >= 0.6 is 0 Å². The van der Waals surface area contributed by atoms with Crippen molar-refractivity contribution in [3.63, 3.8) is 0 Å². The molecule has 0 fully saturated rings. The molecule has 0 bridgehead atoms. The number of hydrogen-bond donors (Lipinski definition) is 0. The number of benzene rings is 1. The van der Waals surface area contributed by atoms with Gasteiger partial charge in [0.25, 0.3) is 0 Å². The van der Waals surface area contributed by atoms with Crippen LogP contribution in [0.5, 0.6) is 11.6 Å². The Balaban J connectivity index is 1.56. The zero-order valence-electron chi connectivity index (χ0n) is 17.5. The molecule has 9 heteroatoms. The molecule has 1 aromatic carbocycles. The second kappa shape index (κ2) is 7.04. The smallest absolute Gasteiger partial charge is 0.344 e. The van der Waals surface area contributed by atoms with Crippen molar-refractivity contribution in [2.45, 2.75) is 5.92 Å². The van der Waals surface area contributed by atoms with Crippen LogP contribution in [0.1, 0.15) is 22.7 Å². The summed E-state index contributed by atoms with van der Waals surface area (Å²) in [5.41, 5.74) is 2.65. The minimum atomic E-state index is -0.613. The van der Waals surface area contributed by atoms with Crippen molar-refractivity contribution in [2.24, 2.45) is 0 Å². The van der Waals surface area contributed by atoms with Gasteiger partial charge in [-0.05, 0) is 36.4 Å². The fraction of sp³-hybridized carbons (Fsp3) is 0.0400. The average molecular weight is 446 g/mol. The number of hydrogen-bond acceptors (Lipinski definition) is 8. The number of ether oxygens (including phenoxy) is 1. The highest BCUT2D eigenvalue weighted by Gasteiger charge is 2.38. The molecule has 0 saturated carbocycles. The number of pyridine rings is 2. The van der Waals surface area contributed by atoms with Gasteiger partial charge in [0.05, 0.1) is 28.1 Å². The van der Waals surface area contributed by atoms with Crippen molar-refractivity contribution in [2.75, 3.05) is 0 Å². The first-order valence-electron chi connectivity index (χ1n) is 10.6. The summed E-state index contributed by atoms with van der Waals surface area (Å²) < 4.78 is 13.5. The second-order valence-corrected chi connectivity index (χ2v) is 7.80. The predicted molar refractivity (Wildman–Crippen MR) is 122 cm³/mol. The maximum absolute atomic E-state index is 13.3. The summed E-state index contributed by atoms with van der Waals surface area (Å²) >= 11 is 0. The number of fused-ring (bicyclic) bond motifs is 6. The van der Waals surface area contributed by atoms with Gasteiger partial charge in [-0.25, -0.2) is 19.3 Å². The maximum atomic E-state index is 13.3. The predicted octanol–water partition coefficient (Wildman–Crippen LogP) is 3.97. The second-order valence-electron chi connectivity index (χ2n) is 7.80. The lowest BCUT2D eigenvalue weighted by molar-refractivity contribution is 0.421. The lowest BCUT2D eigenvalue weighted by atomic mass is 9.87. The first-order valence-corrected chi connectivity index (χ1v) is 10.6. The highest BCUT2D eigenvalue weighted by atomic mass is 16.5. The molecule has 0 aliphatic carbocycles. The lowest BCUT2D eigenvalue weighted by Gasteiger charge is -2.26. The number of rotatable bonds is 2. The quantitative estimate of drug-likeness (QED) is 0.367. The van der Waals surface area contributed by atoms with E-state index in [4.69, 9.17) is 14.1 Å². The van der Waals surface area contributed by atoms with Gasteiger partial charge in [0, 0.05) is 12.4 Å². The molecule has 0 spiro atoms. The van der Waals surface area contributed by atoms with Gasteiger partial charge >= 0.3 is 5.63 Å². The number of para-hydroxylation sites is 1. The molecule has 1 aliphatic rings. The molecule has 0 amide bonds. The van der Waals surface area contributed by atoms with Gasteiger partial charge in [-0.2, -0.15) is 0 Å². The van der Waals surface area contributed by atoms with Gasteiger partial charge in [-0.1, -0.05) is 24.3 Å². The van der Waals surface area contributed by atoms with Crippen molar-refractivity contribution < 1.29 is 9.15 Å². The van der Waals surface area contributed by atoms with E-state index in [1.165, 1.54) is 0 Å². The van der Waals surface area contributed by atoms with E-state index in [0.717, 1.165) is 0 Å². The van der Waals surface area contributed by atoms with Crippen molar-refractivity contribution in [1.82, 2.24) is 29.5 Å². The maximum Gasteiger partial charge on any atom is 0.344 e. The molecule has 6 heterocycles. The number of aromatic nitrogens is 6. The molecule has 0 saturated heterocycles. The van der Waals surface area contributed by atoms with Gasteiger partial charge in [0.1, 0.15) is 17.6 Å². The molecule has 6 aromatic rings. The van der Waals surface area contributed by atoms with E-state index >= 15 is 0 Å². The molecule has 1 aliphatic heterocycles. The fourth-order valence-electron chi connectivity index (χ4n) is 4.38. The summed E-state index contributed by atoms with van der Waals surface area (Å²) in [5.74, 6) is 0.576. The van der Waals surface area contributed by atoms with E-state index in [0.29, 0.717) is 56.6 Å². The Kier molecular flexibility index (Phi) is 3.86. The summed E-state index contributed by atoms with van der Waals surface area (Å²) in [6, 6.07) is 18.3. The minimum Gasteiger partial charge on any atom is -0.437 e. The Labute approximate surface area is 191 Å². The molecule has 0 radical (unpaired) electrons. The van der Waals surface area contributed by atoms with Crippen molar-refractivity contribution in [3.05, 3.63) is 107 Å². The number of nitrogens with zero attached hydrogens (tertiary/aromatic N) is 6. The summed E-state index contributed by atoms with van der Waals surface area (Å²) in [4.78, 5) is 31.5. The van der Waals surface area contributed by atoms with E-state index in [1.807, 2.05) is 54.6 Å². The molecular formula is C25H14N6O3. The third-order valence-corrected chi connectivity index (χ3v) is 5.84. The normalized spacial score (nSPS) is 14.5. The van der Waals surface area contributed by atoms with E-state index in [1.54, 1.807) is 29.3 Å². The van der Waals surface area contributed by atoms with Crippen LogP contribution in [0.25, 0.3) is 28.1 Å². The van der Waals surface area contributed by atoms with Crippen molar-refractivity contribution in [3.8, 4) is 23.1 Å². The largest absolute Gasteiger partial charge is 0.437 e. The lowest BCUT2D eigenvalue weighted by Crippen LogP contribution is -2.23. The Morgan fingerprint density at radius 3 is 2.50 bits per heavy atom. The molecule has 1 unspecified atom stereocenters. The van der Waals surface area contributed by atoms with Crippen LogP contribution in [0.2, 0.25) is 0 Å². The third kappa shape index (κ3) is 2.67. The van der Waals surface area contributed by atoms with Crippen LogP contribution in [0.15, 0.2) is 88.6 Å². The van der Waals surface area contributed by atoms with E-state index in [9.17, 15) is 4.79 Å². The zero-order valence-corrected chi connectivity index (χ0v) is 17.5. The summed E-state index contributed by atoms with van der Waals surface area (Å²) in [6.45, 7) is 0. The molecule has 34 heavy (non-hydrogen) atoms. The Morgan fingerprint density at radius 1 is 0.853 bits per heavy atom. The molecule has 162 valence electrons.